The highest BCUT2D eigenvalue weighted by Gasteiger charge is 2.27. The van der Waals surface area contributed by atoms with Crippen LogP contribution in [0.5, 0.6) is 0 Å². The van der Waals surface area contributed by atoms with Crippen LogP contribution in [0.3, 0.4) is 0 Å². The number of nitrogens with one attached hydrogen (secondary N) is 2. The minimum Gasteiger partial charge on any atom is -0.382 e. The molecule has 3 rings (SSSR count). The number of nitrogens with two attached hydrogens (primary N) is 1. The SMILES string of the molecule is Nc1nsc(NCCn2ccnn2)c1C(=O)NC1CC1. The second kappa shape index (κ2) is 5.45. The Morgan fingerprint density at radius 1 is 1.55 bits per heavy atom. The number of hydrogen-bond donors (Lipinski definition) is 3. The maximum Gasteiger partial charge on any atom is 0.258 e. The van der Waals surface area contributed by atoms with Crippen molar-refractivity contribution >= 4 is 28.3 Å². The molecule has 0 bridgehead atoms. The van der Waals surface area contributed by atoms with Gasteiger partial charge in [-0.1, -0.05) is 5.21 Å². The third kappa shape index (κ3) is 2.87. The zero-order valence-electron chi connectivity index (χ0n) is 10.7. The van der Waals surface area contributed by atoms with E-state index in [9.17, 15) is 4.79 Å². The number of aromatic nitrogens is 4. The van der Waals surface area contributed by atoms with Gasteiger partial charge in [0.25, 0.3) is 5.91 Å². The molecule has 4 N–H and O–H groups in total. The number of hydrogen-bond acceptors (Lipinski definition) is 7. The highest BCUT2D eigenvalue weighted by Crippen LogP contribution is 2.28. The molecule has 0 saturated heterocycles. The van der Waals surface area contributed by atoms with Crippen LogP contribution in [0.15, 0.2) is 12.4 Å². The average molecular weight is 293 g/mol. The van der Waals surface area contributed by atoms with Crippen LogP contribution < -0.4 is 16.4 Å². The lowest BCUT2D eigenvalue weighted by atomic mass is 10.3. The van der Waals surface area contributed by atoms with Crippen LogP contribution in [-0.4, -0.2) is 37.9 Å². The number of rotatable bonds is 6. The number of anilines is 2. The van der Waals surface area contributed by atoms with Gasteiger partial charge in [-0.25, -0.2) is 0 Å². The van der Waals surface area contributed by atoms with Gasteiger partial charge in [-0.2, -0.15) is 4.37 Å². The Labute approximate surface area is 119 Å². The first kappa shape index (κ1) is 12.9. The fourth-order valence-corrected chi connectivity index (χ4v) is 2.50. The van der Waals surface area contributed by atoms with Crippen molar-refractivity contribution in [2.24, 2.45) is 0 Å². The van der Waals surface area contributed by atoms with E-state index in [0.717, 1.165) is 12.8 Å². The van der Waals surface area contributed by atoms with Crippen LogP contribution in [0.25, 0.3) is 0 Å². The highest BCUT2D eigenvalue weighted by atomic mass is 32.1. The van der Waals surface area contributed by atoms with E-state index in [2.05, 4.69) is 25.3 Å². The minimum atomic E-state index is -0.151. The molecule has 0 atom stereocenters. The molecule has 1 amide bonds. The van der Waals surface area contributed by atoms with Crippen LogP contribution in [0.2, 0.25) is 0 Å². The van der Waals surface area contributed by atoms with E-state index in [1.165, 1.54) is 11.5 Å². The summed E-state index contributed by atoms with van der Waals surface area (Å²) in [5.74, 6) is 0.124. The first-order valence-electron chi connectivity index (χ1n) is 6.38. The lowest BCUT2D eigenvalue weighted by Crippen LogP contribution is -2.26. The molecule has 0 aromatic carbocycles. The second-order valence-corrected chi connectivity index (χ2v) is 5.39. The first-order valence-corrected chi connectivity index (χ1v) is 7.15. The van der Waals surface area contributed by atoms with Gasteiger partial charge in [0.15, 0.2) is 5.82 Å². The zero-order valence-corrected chi connectivity index (χ0v) is 11.6. The van der Waals surface area contributed by atoms with Crippen LogP contribution in [0, 0.1) is 0 Å². The maximum atomic E-state index is 12.1. The molecule has 8 nitrogen and oxygen atoms in total. The Balaban J connectivity index is 1.62. The fourth-order valence-electron chi connectivity index (χ4n) is 1.76. The molecule has 1 aliphatic carbocycles. The molecule has 9 heteroatoms. The van der Waals surface area contributed by atoms with Gasteiger partial charge in [0.2, 0.25) is 0 Å². The molecule has 0 spiro atoms. The molecule has 2 aromatic heterocycles. The third-order valence-electron chi connectivity index (χ3n) is 2.96. The number of carbonyl (C=O) groups is 1. The standard InChI is InChI=1S/C11H15N7OS/c12-9-8(10(19)15-7-1-2-7)11(20-16-9)13-3-5-18-6-4-14-17-18/h4,6-7,13H,1-3,5H2,(H2,12,16)(H,15,19). The molecule has 1 fully saturated rings. The summed E-state index contributed by atoms with van der Waals surface area (Å²) in [7, 11) is 0. The summed E-state index contributed by atoms with van der Waals surface area (Å²) < 4.78 is 5.75. The van der Waals surface area contributed by atoms with Crippen molar-refractivity contribution in [3.05, 3.63) is 18.0 Å². The van der Waals surface area contributed by atoms with Gasteiger partial charge in [0.1, 0.15) is 10.6 Å². The predicted octanol–water partition coefficient (Wildman–Crippen LogP) is 0.321. The van der Waals surface area contributed by atoms with Gasteiger partial charge >= 0.3 is 0 Å². The summed E-state index contributed by atoms with van der Waals surface area (Å²) in [6.45, 7) is 1.27. The van der Waals surface area contributed by atoms with Gasteiger partial charge in [0, 0.05) is 18.8 Å². The number of nitrogens with zero attached hydrogens (tertiary/aromatic N) is 4. The van der Waals surface area contributed by atoms with Crippen molar-refractivity contribution < 1.29 is 4.79 Å². The lowest BCUT2D eigenvalue weighted by molar-refractivity contribution is 0.0953. The number of nitrogen functional groups attached to an aromatic ring is 1. The summed E-state index contributed by atoms with van der Waals surface area (Å²) >= 11 is 1.20. The van der Waals surface area contributed by atoms with Gasteiger partial charge in [-0.3, -0.25) is 9.48 Å². The predicted molar refractivity (Wildman–Crippen MR) is 75.5 cm³/mol. The second-order valence-electron chi connectivity index (χ2n) is 4.61. The number of amides is 1. The number of carbonyl (C=O) groups excluding carboxylic acids is 1. The van der Waals surface area contributed by atoms with Gasteiger partial charge in [-0.15, -0.1) is 5.10 Å². The van der Waals surface area contributed by atoms with Crippen LogP contribution in [0.1, 0.15) is 23.2 Å². The maximum absolute atomic E-state index is 12.1. The van der Waals surface area contributed by atoms with E-state index in [0.29, 0.717) is 29.7 Å². The molecule has 1 saturated carbocycles. The molecular weight excluding hydrogens is 278 g/mol. The Morgan fingerprint density at radius 2 is 2.40 bits per heavy atom. The first-order chi connectivity index (χ1) is 9.74. The van der Waals surface area contributed by atoms with Crippen LogP contribution >= 0.6 is 11.5 Å². The van der Waals surface area contributed by atoms with Crippen LogP contribution in [0.4, 0.5) is 10.8 Å². The molecule has 2 heterocycles. The molecule has 106 valence electrons. The summed E-state index contributed by atoms with van der Waals surface area (Å²) in [4.78, 5) is 12.1. The van der Waals surface area contributed by atoms with Crippen molar-refractivity contribution in [1.82, 2.24) is 24.7 Å². The normalized spacial score (nSPS) is 14.2. The van der Waals surface area contributed by atoms with Crippen LogP contribution in [-0.2, 0) is 6.54 Å². The highest BCUT2D eigenvalue weighted by molar-refractivity contribution is 7.11. The van der Waals surface area contributed by atoms with Crippen molar-refractivity contribution in [1.29, 1.82) is 0 Å². The topological polar surface area (TPSA) is 111 Å². The van der Waals surface area contributed by atoms with Gasteiger partial charge in [-0.05, 0) is 24.4 Å². The lowest BCUT2D eigenvalue weighted by Gasteiger charge is -2.07. The zero-order chi connectivity index (χ0) is 13.9. The van der Waals surface area contributed by atoms with E-state index >= 15 is 0 Å². The summed E-state index contributed by atoms with van der Waals surface area (Å²) in [6, 6.07) is 0.296. The Bertz CT molecular complexity index is 590. The van der Waals surface area contributed by atoms with E-state index < -0.39 is 0 Å². The third-order valence-corrected chi connectivity index (χ3v) is 3.78. The monoisotopic (exact) mass is 293 g/mol. The Hall–Kier alpha value is -2.16. The largest absolute Gasteiger partial charge is 0.382 e. The summed E-state index contributed by atoms with van der Waals surface area (Å²) in [5, 5.41) is 14.4. The average Bonchev–Trinajstić information content (AvgIpc) is 2.95. The summed E-state index contributed by atoms with van der Waals surface area (Å²) in [6.07, 6.45) is 5.49. The van der Waals surface area contributed by atoms with Crippen molar-refractivity contribution in [2.45, 2.75) is 25.4 Å². The van der Waals surface area contributed by atoms with E-state index in [-0.39, 0.29) is 11.7 Å². The van der Waals surface area contributed by atoms with Crippen molar-refractivity contribution in [3.8, 4) is 0 Å². The molecule has 1 aliphatic rings. The van der Waals surface area contributed by atoms with E-state index in [1.54, 1.807) is 17.1 Å². The van der Waals surface area contributed by atoms with E-state index in [4.69, 9.17) is 5.73 Å². The molecule has 0 aliphatic heterocycles. The van der Waals surface area contributed by atoms with Crippen molar-refractivity contribution in [2.75, 3.05) is 17.6 Å². The van der Waals surface area contributed by atoms with Gasteiger partial charge in [0.05, 0.1) is 12.7 Å². The molecule has 0 unspecified atom stereocenters. The molecule has 2 aromatic rings. The smallest absolute Gasteiger partial charge is 0.258 e. The van der Waals surface area contributed by atoms with E-state index in [1.807, 2.05) is 0 Å². The molecular formula is C11H15N7OS. The quantitative estimate of drug-likeness (QED) is 0.707. The minimum absolute atomic E-state index is 0.151. The summed E-state index contributed by atoms with van der Waals surface area (Å²) in [5.41, 5.74) is 6.22. The Morgan fingerprint density at radius 3 is 3.10 bits per heavy atom. The Kier molecular flexibility index (Phi) is 3.50. The molecule has 0 radical (unpaired) electrons. The van der Waals surface area contributed by atoms with Gasteiger partial charge < -0.3 is 16.4 Å². The fraction of sp³-hybridized carbons (Fsp3) is 0.455. The molecule has 20 heavy (non-hydrogen) atoms. The van der Waals surface area contributed by atoms with Crippen molar-refractivity contribution in [3.63, 3.8) is 0 Å².